The number of hydrogen-bond donors (Lipinski definition) is 1. The second-order valence-electron chi connectivity index (χ2n) is 4.38. The molecule has 0 fully saturated rings. The molecule has 5 heteroatoms. The van der Waals surface area contributed by atoms with Crippen LogP contribution in [0.25, 0.3) is 0 Å². The Balaban J connectivity index is 2.58. The van der Waals surface area contributed by atoms with Crippen LogP contribution in [0.1, 0.15) is 31.0 Å². The highest BCUT2D eigenvalue weighted by Crippen LogP contribution is 2.42. The Morgan fingerprint density at radius 3 is 2.79 bits per heavy atom. The van der Waals surface area contributed by atoms with Crippen molar-refractivity contribution >= 4 is 15.9 Å². The first-order valence-electron chi connectivity index (χ1n) is 6.63. The molecule has 1 unspecified atom stereocenters. The van der Waals surface area contributed by atoms with Crippen molar-refractivity contribution in [2.24, 2.45) is 5.73 Å². The molecule has 1 aromatic rings. The maximum atomic E-state index is 6.23. The first-order valence-corrected chi connectivity index (χ1v) is 7.42. The zero-order valence-electron chi connectivity index (χ0n) is 11.4. The minimum Gasteiger partial charge on any atom is -0.490 e. The van der Waals surface area contributed by atoms with Crippen molar-refractivity contribution in [3.8, 4) is 11.5 Å². The minimum absolute atomic E-state index is 0.184. The lowest BCUT2D eigenvalue weighted by Gasteiger charge is -2.21. The van der Waals surface area contributed by atoms with Crippen molar-refractivity contribution in [3.05, 3.63) is 21.7 Å². The molecule has 2 rings (SSSR count). The monoisotopic (exact) mass is 329 g/mol. The van der Waals surface area contributed by atoms with Gasteiger partial charge in [0.15, 0.2) is 11.5 Å². The second kappa shape index (κ2) is 6.59. The lowest BCUT2D eigenvalue weighted by molar-refractivity contribution is 0.130. The molecule has 1 heterocycles. The molecule has 0 saturated carbocycles. The molecule has 0 saturated heterocycles. The Morgan fingerprint density at radius 1 is 1.37 bits per heavy atom. The van der Waals surface area contributed by atoms with E-state index in [0.717, 1.165) is 33.5 Å². The van der Waals surface area contributed by atoms with E-state index in [4.69, 9.17) is 19.9 Å². The summed E-state index contributed by atoms with van der Waals surface area (Å²) in [5, 5.41) is 0. The predicted octanol–water partition coefficient (Wildman–Crippen LogP) is 2.82. The van der Waals surface area contributed by atoms with E-state index in [1.54, 1.807) is 0 Å². The highest BCUT2D eigenvalue weighted by molar-refractivity contribution is 9.10. The highest BCUT2D eigenvalue weighted by atomic mass is 79.9. The summed E-state index contributed by atoms with van der Waals surface area (Å²) in [6.45, 7) is 6.29. The van der Waals surface area contributed by atoms with Gasteiger partial charge in [0.2, 0.25) is 0 Å². The van der Waals surface area contributed by atoms with Crippen molar-refractivity contribution < 1.29 is 14.2 Å². The summed E-state index contributed by atoms with van der Waals surface area (Å²) in [4.78, 5) is 0. The van der Waals surface area contributed by atoms with Crippen LogP contribution in [0.15, 0.2) is 10.5 Å². The largest absolute Gasteiger partial charge is 0.490 e. The summed E-state index contributed by atoms with van der Waals surface area (Å²) >= 11 is 3.60. The Hall–Kier alpha value is -0.780. The van der Waals surface area contributed by atoms with Crippen LogP contribution in [0.2, 0.25) is 0 Å². The van der Waals surface area contributed by atoms with Gasteiger partial charge in [0.05, 0.1) is 32.5 Å². The molecular weight excluding hydrogens is 310 g/mol. The zero-order valence-corrected chi connectivity index (χ0v) is 13.0. The average molecular weight is 330 g/mol. The van der Waals surface area contributed by atoms with E-state index < -0.39 is 0 Å². The third-order valence-electron chi connectivity index (χ3n) is 3.09. The van der Waals surface area contributed by atoms with Gasteiger partial charge in [0, 0.05) is 10.0 Å². The van der Waals surface area contributed by atoms with E-state index in [0.29, 0.717) is 26.4 Å². The first-order chi connectivity index (χ1) is 9.19. The molecule has 1 atom stereocenters. The summed E-state index contributed by atoms with van der Waals surface area (Å²) in [6.07, 6.45) is 0.829. The molecule has 2 N–H and O–H groups in total. The fraction of sp³-hybridized carbons (Fsp3) is 0.571. The lowest BCUT2D eigenvalue weighted by atomic mass is 9.98. The second-order valence-corrected chi connectivity index (χ2v) is 5.23. The first kappa shape index (κ1) is 14.6. The Morgan fingerprint density at radius 2 is 2.11 bits per heavy atom. The van der Waals surface area contributed by atoms with Crippen molar-refractivity contribution in [2.75, 3.05) is 26.4 Å². The normalized spacial score (nSPS) is 18.6. The number of rotatable bonds is 4. The molecule has 106 valence electrons. The minimum atomic E-state index is -0.184. The van der Waals surface area contributed by atoms with Gasteiger partial charge in [-0.3, -0.25) is 0 Å². The fourth-order valence-corrected chi connectivity index (χ4v) is 2.96. The van der Waals surface area contributed by atoms with E-state index in [1.807, 2.05) is 19.9 Å². The van der Waals surface area contributed by atoms with E-state index in [1.165, 1.54) is 0 Å². The molecule has 0 bridgehead atoms. The van der Waals surface area contributed by atoms with Crippen molar-refractivity contribution in [1.82, 2.24) is 0 Å². The number of ether oxygens (including phenoxy) is 3. The highest BCUT2D eigenvalue weighted by Gasteiger charge is 2.25. The molecule has 0 amide bonds. The van der Waals surface area contributed by atoms with E-state index in [9.17, 15) is 0 Å². The molecule has 19 heavy (non-hydrogen) atoms. The van der Waals surface area contributed by atoms with Crippen LogP contribution in [-0.4, -0.2) is 26.4 Å². The molecule has 1 aliphatic rings. The SMILES string of the molecule is CCOc1cc(Br)c2c(c1OCC)C(N)COCC2. The number of fused-ring (bicyclic) bond motifs is 1. The summed E-state index contributed by atoms with van der Waals surface area (Å²) < 4.78 is 18.0. The molecule has 0 aliphatic carbocycles. The van der Waals surface area contributed by atoms with Gasteiger partial charge in [0.25, 0.3) is 0 Å². The van der Waals surface area contributed by atoms with Crippen molar-refractivity contribution in [1.29, 1.82) is 0 Å². The summed E-state index contributed by atoms with van der Waals surface area (Å²) in [6, 6.07) is 1.78. The molecule has 0 radical (unpaired) electrons. The Kier molecular flexibility index (Phi) is 5.07. The van der Waals surface area contributed by atoms with Crippen LogP contribution in [0.3, 0.4) is 0 Å². The number of benzene rings is 1. The van der Waals surface area contributed by atoms with Gasteiger partial charge in [-0.05, 0) is 31.9 Å². The van der Waals surface area contributed by atoms with Crippen LogP contribution in [-0.2, 0) is 11.2 Å². The van der Waals surface area contributed by atoms with Crippen LogP contribution >= 0.6 is 15.9 Å². The summed E-state index contributed by atoms with van der Waals surface area (Å²) in [5.74, 6) is 1.51. The average Bonchev–Trinajstić information content (AvgIpc) is 2.57. The summed E-state index contributed by atoms with van der Waals surface area (Å²) in [7, 11) is 0. The number of hydrogen-bond acceptors (Lipinski definition) is 4. The van der Waals surface area contributed by atoms with E-state index >= 15 is 0 Å². The standard InChI is InChI=1S/C14H20BrNO3/c1-3-18-12-7-10(15)9-5-6-17-8-11(16)13(9)14(12)19-4-2/h7,11H,3-6,8,16H2,1-2H3. The third-order valence-corrected chi connectivity index (χ3v) is 3.80. The fourth-order valence-electron chi connectivity index (χ4n) is 2.34. The van der Waals surface area contributed by atoms with Gasteiger partial charge in [-0.15, -0.1) is 0 Å². The number of nitrogens with two attached hydrogens (primary N) is 1. The molecule has 0 spiro atoms. The zero-order chi connectivity index (χ0) is 13.8. The molecule has 4 nitrogen and oxygen atoms in total. The quantitative estimate of drug-likeness (QED) is 0.922. The van der Waals surface area contributed by atoms with Gasteiger partial charge < -0.3 is 19.9 Å². The maximum Gasteiger partial charge on any atom is 0.166 e. The number of halogens is 1. The topological polar surface area (TPSA) is 53.7 Å². The van der Waals surface area contributed by atoms with Crippen LogP contribution < -0.4 is 15.2 Å². The van der Waals surface area contributed by atoms with Crippen LogP contribution in [0.5, 0.6) is 11.5 Å². The molecule has 1 aromatic carbocycles. The van der Waals surface area contributed by atoms with Gasteiger partial charge >= 0.3 is 0 Å². The van der Waals surface area contributed by atoms with Gasteiger partial charge in [0.1, 0.15) is 0 Å². The van der Waals surface area contributed by atoms with E-state index in [-0.39, 0.29) is 6.04 Å². The van der Waals surface area contributed by atoms with Crippen LogP contribution in [0.4, 0.5) is 0 Å². The lowest BCUT2D eigenvalue weighted by Crippen LogP contribution is -2.18. The van der Waals surface area contributed by atoms with Gasteiger partial charge in [-0.25, -0.2) is 0 Å². The predicted molar refractivity (Wildman–Crippen MR) is 77.9 cm³/mol. The molecular formula is C14H20BrNO3. The smallest absolute Gasteiger partial charge is 0.166 e. The molecule has 1 aliphatic heterocycles. The van der Waals surface area contributed by atoms with Gasteiger partial charge in [-0.1, -0.05) is 15.9 Å². The third kappa shape index (κ3) is 3.04. The van der Waals surface area contributed by atoms with Gasteiger partial charge in [-0.2, -0.15) is 0 Å². The maximum absolute atomic E-state index is 6.23. The Labute approximate surface area is 122 Å². The van der Waals surface area contributed by atoms with Crippen LogP contribution in [0, 0.1) is 0 Å². The molecule has 0 aromatic heterocycles. The van der Waals surface area contributed by atoms with Crippen molar-refractivity contribution in [2.45, 2.75) is 26.3 Å². The van der Waals surface area contributed by atoms with E-state index in [2.05, 4.69) is 15.9 Å². The Bertz CT molecular complexity index is 451. The van der Waals surface area contributed by atoms with Crippen molar-refractivity contribution in [3.63, 3.8) is 0 Å². The summed E-state index contributed by atoms with van der Waals surface area (Å²) in [5.41, 5.74) is 8.41.